The summed E-state index contributed by atoms with van der Waals surface area (Å²) < 4.78 is 0. The predicted molar refractivity (Wildman–Crippen MR) is 67.4 cm³/mol. The van der Waals surface area contributed by atoms with Crippen LogP contribution in [0.2, 0.25) is 0 Å². The van der Waals surface area contributed by atoms with Crippen LogP contribution in [0.3, 0.4) is 0 Å². The molecule has 0 bridgehead atoms. The molecule has 0 fully saturated rings. The van der Waals surface area contributed by atoms with Crippen molar-refractivity contribution >= 4 is 12.0 Å². The van der Waals surface area contributed by atoms with Crippen LogP contribution < -0.4 is 10.6 Å². The normalized spacial score (nSPS) is 12.2. The number of aliphatic carboxylic acids is 1. The molecule has 7 nitrogen and oxygen atoms in total. The molecule has 0 spiro atoms. The van der Waals surface area contributed by atoms with Crippen LogP contribution in [-0.2, 0) is 4.79 Å². The van der Waals surface area contributed by atoms with Crippen molar-refractivity contribution in [3.05, 3.63) is 0 Å². The van der Waals surface area contributed by atoms with Crippen molar-refractivity contribution in [2.24, 2.45) is 0 Å². The standard InChI is InChI=1S/C11H23N3O4/c1-14(2)7-4-3-6-12-11(18)13-9(5-8-15)10(16)17/h9,15H,3-8H2,1-2H3,(H,16,17)(H2,12,13,18)/t9-/m1/s1. The van der Waals surface area contributed by atoms with E-state index in [1.54, 1.807) is 0 Å². The van der Waals surface area contributed by atoms with Gasteiger partial charge in [-0.25, -0.2) is 9.59 Å². The highest BCUT2D eigenvalue weighted by Gasteiger charge is 2.18. The Kier molecular flexibility index (Phi) is 8.95. The minimum atomic E-state index is -1.15. The molecule has 0 unspecified atom stereocenters. The summed E-state index contributed by atoms with van der Waals surface area (Å²) in [6, 6.07) is -1.56. The third kappa shape index (κ3) is 8.77. The molecule has 0 heterocycles. The van der Waals surface area contributed by atoms with E-state index in [2.05, 4.69) is 15.5 Å². The maximum atomic E-state index is 11.4. The van der Waals surface area contributed by atoms with Crippen molar-refractivity contribution in [1.82, 2.24) is 15.5 Å². The maximum absolute atomic E-state index is 11.4. The Labute approximate surface area is 107 Å². The van der Waals surface area contributed by atoms with Gasteiger partial charge in [-0.15, -0.1) is 0 Å². The van der Waals surface area contributed by atoms with Gasteiger partial charge in [0, 0.05) is 19.6 Å². The van der Waals surface area contributed by atoms with Gasteiger partial charge in [-0.3, -0.25) is 0 Å². The Morgan fingerprint density at radius 3 is 2.44 bits per heavy atom. The van der Waals surface area contributed by atoms with E-state index >= 15 is 0 Å². The number of unbranched alkanes of at least 4 members (excludes halogenated alkanes) is 1. The van der Waals surface area contributed by atoms with Crippen LogP contribution >= 0.6 is 0 Å². The topological polar surface area (TPSA) is 102 Å². The zero-order valence-corrected chi connectivity index (χ0v) is 11.0. The van der Waals surface area contributed by atoms with E-state index in [0.29, 0.717) is 6.54 Å². The predicted octanol–water partition coefficient (Wildman–Crippen LogP) is -0.537. The number of amides is 2. The van der Waals surface area contributed by atoms with E-state index in [0.717, 1.165) is 19.4 Å². The summed E-state index contributed by atoms with van der Waals surface area (Å²) in [5.74, 6) is -1.15. The number of rotatable bonds is 9. The number of carboxylic acids is 1. The van der Waals surface area contributed by atoms with Crippen molar-refractivity contribution in [3.63, 3.8) is 0 Å². The molecule has 0 saturated heterocycles. The zero-order valence-electron chi connectivity index (χ0n) is 11.0. The second-order valence-electron chi connectivity index (χ2n) is 4.31. The quantitative estimate of drug-likeness (QED) is 0.418. The van der Waals surface area contributed by atoms with Crippen molar-refractivity contribution < 1.29 is 19.8 Å². The number of hydrogen-bond acceptors (Lipinski definition) is 4. The van der Waals surface area contributed by atoms with Crippen molar-refractivity contribution in [2.45, 2.75) is 25.3 Å². The van der Waals surface area contributed by atoms with E-state index < -0.39 is 18.0 Å². The summed E-state index contributed by atoms with van der Waals surface area (Å²) in [7, 11) is 3.96. The Morgan fingerprint density at radius 2 is 1.94 bits per heavy atom. The number of nitrogens with zero attached hydrogens (tertiary/aromatic N) is 1. The number of carbonyl (C=O) groups is 2. The van der Waals surface area contributed by atoms with Crippen molar-refractivity contribution in [2.75, 3.05) is 33.8 Å². The Morgan fingerprint density at radius 1 is 1.28 bits per heavy atom. The number of hydrogen-bond donors (Lipinski definition) is 4. The van der Waals surface area contributed by atoms with E-state index in [4.69, 9.17) is 10.2 Å². The van der Waals surface area contributed by atoms with Crippen LogP contribution in [0.15, 0.2) is 0 Å². The largest absolute Gasteiger partial charge is 0.480 e. The van der Waals surface area contributed by atoms with Crippen LogP contribution in [0.25, 0.3) is 0 Å². The Bertz CT molecular complexity index is 259. The highest BCUT2D eigenvalue weighted by Crippen LogP contribution is 1.92. The first kappa shape index (κ1) is 16.7. The second kappa shape index (κ2) is 9.67. The van der Waals surface area contributed by atoms with Crippen LogP contribution in [-0.4, -0.2) is 66.9 Å². The summed E-state index contributed by atoms with van der Waals surface area (Å²) in [6.45, 7) is 1.18. The highest BCUT2D eigenvalue weighted by atomic mass is 16.4. The van der Waals surface area contributed by atoms with Gasteiger partial charge in [0.2, 0.25) is 0 Å². The highest BCUT2D eigenvalue weighted by molar-refractivity contribution is 5.82. The molecule has 0 radical (unpaired) electrons. The number of urea groups is 1. The molecular formula is C11H23N3O4. The fourth-order valence-corrected chi connectivity index (χ4v) is 1.35. The lowest BCUT2D eigenvalue weighted by Gasteiger charge is -2.14. The molecule has 106 valence electrons. The summed E-state index contributed by atoms with van der Waals surface area (Å²) in [6.07, 6.45) is 1.80. The minimum absolute atomic E-state index is 0.00336. The zero-order chi connectivity index (χ0) is 14.0. The first-order valence-corrected chi connectivity index (χ1v) is 6.00. The van der Waals surface area contributed by atoms with Gasteiger partial charge in [0.15, 0.2) is 0 Å². The molecule has 0 aromatic carbocycles. The van der Waals surface area contributed by atoms with Crippen molar-refractivity contribution in [3.8, 4) is 0 Å². The smallest absolute Gasteiger partial charge is 0.326 e. The molecule has 0 saturated carbocycles. The molecule has 2 amide bonds. The summed E-state index contributed by atoms with van der Waals surface area (Å²) in [4.78, 5) is 24.1. The second-order valence-corrected chi connectivity index (χ2v) is 4.31. The molecule has 0 aliphatic rings. The average molecular weight is 261 g/mol. The molecule has 0 aliphatic carbocycles. The number of carboxylic acid groups (broad SMARTS) is 1. The fourth-order valence-electron chi connectivity index (χ4n) is 1.35. The van der Waals surface area contributed by atoms with Crippen molar-refractivity contribution in [1.29, 1.82) is 0 Å². The average Bonchev–Trinajstić information content (AvgIpc) is 2.27. The van der Waals surface area contributed by atoms with Gasteiger partial charge in [0.1, 0.15) is 6.04 Å². The lowest BCUT2D eigenvalue weighted by Crippen LogP contribution is -2.46. The number of nitrogens with one attached hydrogen (secondary N) is 2. The van der Waals surface area contributed by atoms with Gasteiger partial charge in [-0.2, -0.15) is 0 Å². The molecule has 1 atom stereocenters. The van der Waals surface area contributed by atoms with Crippen LogP contribution in [0.1, 0.15) is 19.3 Å². The first-order valence-electron chi connectivity index (χ1n) is 6.00. The third-order valence-corrected chi connectivity index (χ3v) is 2.34. The number of carbonyl (C=O) groups excluding carboxylic acids is 1. The van der Waals surface area contributed by atoms with E-state index in [9.17, 15) is 9.59 Å². The van der Waals surface area contributed by atoms with E-state index in [1.807, 2.05) is 14.1 Å². The maximum Gasteiger partial charge on any atom is 0.326 e. The molecule has 18 heavy (non-hydrogen) atoms. The van der Waals surface area contributed by atoms with Gasteiger partial charge in [-0.05, 0) is 33.5 Å². The molecule has 4 N–H and O–H groups in total. The molecule has 0 rings (SSSR count). The van der Waals surface area contributed by atoms with E-state index in [-0.39, 0.29) is 13.0 Å². The lowest BCUT2D eigenvalue weighted by molar-refractivity contribution is -0.139. The minimum Gasteiger partial charge on any atom is -0.480 e. The molecule has 0 aromatic heterocycles. The van der Waals surface area contributed by atoms with Crippen LogP contribution in [0.4, 0.5) is 4.79 Å². The number of aliphatic hydroxyl groups excluding tert-OH is 1. The molecular weight excluding hydrogens is 238 g/mol. The number of aliphatic hydroxyl groups is 1. The van der Waals surface area contributed by atoms with Gasteiger partial charge in [-0.1, -0.05) is 0 Å². The first-order chi connectivity index (χ1) is 8.47. The van der Waals surface area contributed by atoms with Gasteiger partial charge < -0.3 is 25.7 Å². The Balaban J connectivity index is 3.71. The Hall–Kier alpha value is -1.34. The summed E-state index contributed by atoms with van der Waals surface area (Å²) >= 11 is 0. The SMILES string of the molecule is CN(C)CCCCNC(=O)N[C@H](CCO)C(=O)O. The van der Waals surface area contributed by atoms with Crippen LogP contribution in [0, 0.1) is 0 Å². The van der Waals surface area contributed by atoms with E-state index in [1.165, 1.54) is 0 Å². The summed E-state index contributed by atoms with van der Waals surface area (Å²) in [5.41, 5.74) is 0. The molecule has 0 aromatic rings. The third-order valence-electron chi connectivity index (χ3n) is 2.34. The molecule has 7 heteroatoms. The monoisotopic (exact) mass is 261 g/mol. The van der Waals surface area contributed by atoms with Gasteiger partial charge in [0.05, 0.1) is 0 Å². The summed E-state index contributed by atoms with van der Waals surface area (Å²) in [5, 5.41) is 22.3. The van der Waals surface area contributed by atoms with Gasteiger partial charge >= 0.3 is 12.0 Å². The van der Waals surface area contributed by atoms with Crippen LogP contribution in [0.5, 0.6) is 0 Å². The molecule has 0 aliphatic heterocycles. The fraction of sp³-hybridized carbons (Fsp3) is 0.818. The lowest BCUT2D eigenvalue weighted by atomic mass is 10.2. The van der Waals surface area contributed by atoms with Gasteiger partial charge in [0.25, 0.3) is 0 Å².